The molecule has 0 bridgehead atoms. The minimum Gasteiger partial charge on any atom is -0.343 e. The lowest BCUT2D eigenvalue weighted by Gasteiger charge is -2.21. The van der Waals surface area contributed by atoms with Crippen LogP contribution in [0.3, 0.4) is 0 Å². The van der Waals surface area contributed by atoms with Crippen molar-refractivity contribution in [2.45, 2.75) is 44.7 Å². The summed E-state index contributed by atoms with van der Waals surface area (Å²) in [6, 6.07) is 30.1. The number of halogens is 1. The first-order chi connectivity index (χ1) is 18.7. The van der Waals surface area contributed by atoms with Crippen LogP contribution in [0.1, 0.15) is 37.9 Å². The average Bonchev–Trinajstić information content (AvgIpc) is 3.30. The lowest BCUT2D eigenvalue weighted by molar-refractivity contribution is 0.465. The van der Waals surface area contributed by atoms with Crippen molar-refractivity contribution in [3.8, 4) is 22.4 Å². The third-order valence-corrected chi connectivity index (χ3v) is 9.07. The maximum atomic E-state index is 14.5. The number of benzene rings is 4. The normalized spacial score (nSPS) is 12.1. The quantitative estimate of drug-likeness (QED) is 0.200. The standard InChI is InChI=1S/C33H33FN2O2S/c1-5-36-31(23(2)3)33(39(37,38)35(4)22-24-11-7-6-8-12-24)30(32(36)26-17-19-29(34)20-18-26)28-16-15-25-13-9-10-14-27(25)21-28/h6-21,23H,5,22H2,1-4H3. The summed E-state index contributed by atoms with van der Waals surface area (Å²) in [5.41, 5.74) is 4.68. The fourth-order valence-electron chi connectivity index (χ4n) is 5.38. The van der Waals surface area contributed by atoms with Crippen molar-refractivity contribution in [3.05, 3.63) is 114 Å². The van der Waals surface area contributed by atoms with E-state index in [1.165, 1.54) is 16.4 Å². The first-order valence-corrected chi connectivity index (χ1v) is 14.7. The van der Waals surface area contributed by atoms with E-state index in [1.807, 2.05) is 87.5 Å². The van der Waals surface area contributed by atoms with Crippen LogP contribution < -0.4 is 0 Å². The molecular formula is C33H33FN2O2S. The monoisotopic (exact) mass is 540 g/mol. The van der Waals surface area contributed by atoms with Gasteiger partial charge in [0.2, 0.25) is 10.0 Å². The largest absolute Gasteiger partial charge is 0.343 e. The summed E-state index contributed by atoms with van der Waals surface area (Å²) in [4.78, 5) is 0.312. The zero-order valence-corrected chi connectivity index (χ0v) is 23.5. The van der Waals surface area contributed by atoms with Crippen LogP contribution in [0.5, 0.6) is 0 Å². The van der Waals surface area contributed by atoms with Gasteiger partial charge in [0.1, 0.15) is 10.7 Å². The number of hydrogen-bond acceptors (Lipinski definition) is 2. The molecule has 1 heterocycles. The second-order valence-corrected chi connectivity index (χ2v) is 12.1. The highest BCUT2D eigenvalue weighted by atomic mass is 32.2. The predicted molar refractivity (Wildman–Crippen MR) is 158 cm³/mol. The van der Waals surface area contributed by atoms with Crippen LogP contribution in [0.4, 0.5) is 4.39 Å². The first kappa shape index (κ1) is 26.9. The van der Waals surface area contributed by atoms with Crippen molar-refractivity contribution in [1.82, 2.24) is 8.87 Å². The average molecular weight is 541 g/mol. The van der Waals surface area contributed by atoms with Gasteiger partial charge in [-0.1, -0.05) is 80.6 Å². The van der Waals surface area contributed by atoms with E-state index in [2.05, 4.69) is 10.6 Å². The van der Waals surface area contributed by atoms with Crippen LogP contribution in [0.2, 0.25) is 0 Å². The lowest BCUT2D eigenvalue weighted by Crippen LogP contribution is -2.28. The van der Waals surface area contributed by atoms with Crippen molar-refractivity contribution >= 4 is 20.8 Å². The van der Waals surface area contributed by atoms with Crippen LogP contribution >= 0.6 is 0 Å². The zero-order chi connectivity index (χ0) is 27.7. The van der Waals surface area contributed by atoms with Gasteiger partial charge in [-0.3, -0.25) is 0 Å². The molecule has 200 valence electrons. The molecule has 39 heavy (non-hydrogen) atoms. The molecule has 1 aromatic heterocycles. The van der Waals surface area contributed by atoms with Gasteiger partial charge in [0.25, 0.3) is 0 Å². The van der Waals surface area contributed by atoms with Gasteiger partial charge in [0.15, 0.2) is 0 Å². The molecule has 5 aromatic rings. The molecule has 4 nitrogen and oxygen atoms in total. The topological polar surface area (TPSA) is 42.3 Å². The molecule has 4 aromatic carbocycles. The molecule has 0 saturated carbocycles. The van der Waals surface area contributed by atoms with Gasteiger partial charge in [-0.15, -0.1) is 0 Å². The predicted octanol–water partition coefficient (Wildman–Crippen LogP) is 8.08. The molecular weight excluding hydrogens is 507 g/mol. The van der Waals surface area contributed by atoms with Gasteiger partial charge < -0.3 is 4.57 Å². The molecule has 0 fully saturated rings. The summed E-state index contributed by atoms with van der Waals surface area (Å²) in [5.74, 6) is -0.409. The van der Waals surface area contributed by atoms with Crippen molar-refractivity contribution in [3.63, 3.8) is 0 Å². The second kappa shape index (κ2) is 10.8. The number of nitrogens with zero attached hydrogens (tertiary/aromatic N) is 2. The Hall–Kier alpha value is -3.74. The second-order valence-electron chi connectivity index (χ2n) is 10.2. The van der Waals surface area contributed by atoms with Gasteiger partial charge in [0, 0.05) is 31.4 Å². The molecule has 6 heteroatoms. The molecule has 0 atom stereocenters. The molecule has 0 N–H and O–H groups in total. The van der Waals surface area contributed by atoms with E-state index in [0.29, 0.717) is 17.0 Å². The Kier molecular flexibility index (Phi) is 7.43. The third kappa shape index (κ3) is 5.02. The molecule has 0 aliphatic rings. The van der Waals surface area contributed by atoms with Crippen LogP contribution in [0.15, 0.2) is 102 Å². The summed E-state index contributed by atoms with van der Waals surface area (Å²) in [6.07, 6.45) is 0. The highest BCUT2D eigenvalue weighted by Crippen LogP contribution is 2.45. The minimum absolute atomic E-state index is 0.0757. The zero-order valence-electron chi connectivity index (χ0n) is 22.7. The molecule has 0 saturated heterocycles. The number of rotatable bonds is 8. The van der Waals surface area contributed by atoms with Crippen molar-refractivity contribution < 1.29 is 12.8 Å². The van der Waals surface area contributed by atoms with Crippen LogP contribution in [-0.4, -0.2) is 24.3 Å². The molecule has 5 rings (SSSR count). The highest BCUT2D eigenvalue weighted by Gasteiger charge is 2.35. The van der Waals surface area contributed by atoms with Gasteiger partial charge in [-0.2, -0.15) is 4.31 Å². The Morgan fingerprint density at radius 3 is 2.08 bits per heavy atom. The van der Waals surface area contributed by atoms with Gasteiger partial charge in [-0.25, -0.2) is 12.8 Å². The Labute approximate surface area is 230 Å². The molecule has 0 spiro atoms. The molecule has 0 aliphatic carbocycles. The van der Waals surface area contributed by atoms with Crippen molar-refractivity contribution in [2.75, 3.05) is 7.05 Å². The summed E-state index contributed by atoms with van der Waals surface area (Å²) < 4.78 is 46.6. The van der Waals surface area contributed by atoms with Crippen LogP contribution in [0, 0.1) is 5.82 Å². The van der Waals surface area contributed by atoms with E-state index >= 15 is 0 Å². The van der Waals surface area contributed by atoms with E-state index in [1.54, 1.807) is 19.2 Å². The maximum absolute atomic E-state index is 14.5. The summed E-state index contributed by atoms with van der Waals surface area (Å²) >= 11 is 0. The first-order valence-electron chi connectivity index (χ1n) is 13.2. The van der Waals surface area contributed by atoms with Crippen molar-refractivity contribution in [2.24, 2.45) is 0 Å². The number of sulfonamides is 1. The molecule has 0 unspecified atom stereocenters. The molecule has 0 aliphatic heterocycles. The number of hydrogen-bond donors (Lipinski definition) is 0. The minimum atomic E-state index is -3.93. The molecule has 0 amide bonds. The van der Waals surface area contributed by atoms with E-state index in [9.17, 15) is 12.8 Å². The van der Waals surface area contributed by atoms with Gasteiger partial charge >= 0.3 is 0 Å². The van der Waals surface area contributed by atoms with E-state index in [0.717, 1.165) is 38.9 Å². The fourth-order valence-corrected chi connectivity index (χ4v) is 7.09. The fraction of sp³-hybridized carbons (Fsp3) is 0.212. The lowest BCUT2D eigenvalue weighted by atomic mass is 9.98. The molecule has 0 radical (unpaired) electrons. The number of fused-ring (bicyclic) bond motifs is 1. The van der Waals surface area contributed by atoms with Crippen LogP contribution in [0.25, 0.3) is 33.2 Å². The Morgan fingerprint density at radius 2 is 1.44 bits per heavy atom. The summed E-state index contributed by atoms with van der Waals surface area (Å²) in [7, 11) is -2.30. The van der Waals surface area contributed by atoms with Crippen molar-refractivity contribution in [1.29, 1.82) is 0 Å². The number of aromatic nitrogens is 1. The smallest absolute Gasteiger partial charge is 0.245 e. The SMILES string of the molecule is CCn1c(-c2ccc(F)cc2)c(-c2ccc3ccccc3c2)c(S(=O)(=O)N(C)Cc2ccccc2)c1C(C)C. The maximum Gasteiger partial charge on any atom is 0.245 e. The van der Waals surface area contributed by atoms with E-state index in [4.69, 9.17) is 0 Å². The Balaban J connectivity index is 1.85. The third-order valence-electron chi connectivity index (χ3n) is 7.19. The van der Waals surface area contributed by atoms with Crippen LogP contribution in [-0.2, 0) is 23.1 Å². The Morgan fingerprint density at radius 1 is 0.821 bits per heavy atom. The van der Waals surface area contributed by atoms with E-state index < -0.39 is 10.0 Å². The van der Waals surface area contributed by atoms with Gasteiger partial charge in [-0.05, 0) is 70.6 Å². The summed E-state index contributed by atoms with van der Waals surface area (Å²) in [6.45, 7) is 6.89. The summed E-state index contributed by atoms with van der Waals surface area (Å²) in [5, 5.41) is 2.10. The van der Waals surface area contributed by atoms with Gasteiger partial charge in [0.05, 0.1) is 5.69 Å². The highest BCUT2D eigenvalue weighted by molar-refractivity contribution is 7.89. The van der Waals surface area contributed by atoms with E-state index in [-0.39, 0.29) is 18.3 Å². The Bertz CT molecular complexity index is 1720.